The minimum atomic E-state index is 0.479. The molecule has 0 aliphatic carbocycles. The van der Waals surface area contributed by atoms with E-state index in [0.717, 1.165) is 22.8 Å². The SMILES string of the molecule is Clc1ccc2c(c1)C(c1ncccn1)=NCc1nccn1-2. The van der Waals surface area contributed by atoms with Gasteiger partial charge in [0.1, 0.15) is 11.5 Å². The van der Waals surface area contributed by atoms with Crippen molar-refractivity contribution in [2.75, 3.05) is 0 Å². The van der Waals surface area contributed by atoms with Gasteiger partial charge in [-0.15, -0.1) is 0 Å². The second-order valence-electron chi connectivity index (χ2n) is 4.61. The van der Waals surface area contributed by atoms with Crippen LogP contribution in [0.1, 0.15) is 17.2 Å². The quantitative estimate of drug-likeness (QED) is 0.693. The Bertz CT molecular complexity index is 838. The molecule has 0 fully saturated rings. The van der Waals surface area contributed by atoms with Crippen LogP contribution in [-0.2, 0) is 6.54 Å². The third kappa shape index (κ3) is 2.02. The second-order valence-corrected chi connectivity index (χ2v) is 5.05. The first kappa shape index (κ1) is 12.2. The highest BCUT2D eigenvalue weighted by molar-refractivity contribution is 6.31. The van der Waals surface area contributed by atoms with E-state index in [2.05, 4.69) is 19.9 Å². The van der Waals surface area contributed by atoms with Gasteiger partial charge in [-0.3, -0.25) is 4.99 Å². The highest BCUT2D eigenvalue weighted by Crippen LogP contribution is 2.26. The standard InChI is InChI=1S/C15H10ClN5/c16-10-2-3-12-11(8-10)14(15-18-4-1-5-19-15)20-9-13-17-6-7-21(12)13/h1-8H,9H2. The van der Waals surface area contributed by atoms with E-state index in [9.17, 15) is 0 Å². The smallest absolute Gasteiger partial charge is 0.178 e. The molecule has 0 saturated heterocycles. The van der Waals surface area contributed by atoms with Crippen LogP contribution in [-0.4, -0.2) is 25.2 Å². The Kier molecular flexibility index (Phi) is 2.79. The highest BCUT2D eigenvalue weighted by atomic mass is 35.5. The molecule has 0 unspecified atom stereocenters. The van der Waals surface area contributed by atoms with E-state index in [1.165, 1.54) is 0 Å². The first-order valence-corrected chi connectivity index (χ1v) is 6.85. The predicted octanol–water partition coefficient (Wildman–Crippen LogP) is 2.67. The molecule has 6 heteroatoms. The lowest BCUT2D eigenvalue weighted by atomic mass is 10.1. The van der Waals surface area contributed by atoms with Crippen LogP contribution in [0.2, 0.25) is 5.02 Å². The van der Waals surface area contributed by atoms with Crippen molar-refractivity contribution in [2.45, 2.75) is 6.54 Å². The van der Waals surface area contributed by atoms with Gasteiger partial charge in [-0.25, -0.2) is 15.0 Å². The maximum atomic E-state index is 6.16. The van der Waals surface area contributed by atoms with Crippen molar-refractivity contribution in [3.05, 3.63) is 71.3 Å². The fourth-order valence-corrected chi connectivity index (χ4v) is 2.60. The van der Waals surface area contributed by atoms with E-state index in [1.54, 1.807) is 24.7 Å². The molecule has 0 atom stereocenters. The fourth-order valence-electron chi connectivity index (χ4n) is 2.43. The number of nitrogens with zero attached hydrogens (tertiary/aromatic N) is 5. The molecule has 21 heavy (non-hydrogen) atoms. The topological polar surface area (TPSA) is 56.0 Å². The van der Waals surface area contributed by atoms with Crippen LogP contribution in [0, 0.1) is 0 Å². The molecule has 5 nitrogen and oxygen atoms in total. The molecule has 0 N–H and O–H groups in total. The monoisotopic (exact) mass is 295 g/mol. The molecule has 0 radical (unpaired) electrons. The largest absolute Gasteiger partial charge is 0.302 e. The van der Waals surface area contributed by atoms with E-state index in [4.69, 9.17) is 11.6 Å². The molecule has 3 aromatic rings. The zero-order valence-electron chi connectivity index (χ0n) is 10.9. The molecule has 1 aliphatic rings. The summed E-state index contributed by atoms with van der Waals surface area (Å²) in [5.41, 5.74) is 2.62. The van der Waals surface area contributed by atoms with Gasteiger partial charge in [0.05, 0.1) is 12.2 Å². The molecule has 0 bridgehead atoms. The number of aliphatic imine (C=N–C) groups is 1. The Morgan fingerprint density at radius 3 is 2.76 bits per heavy atom. The number of hydrogen-bond donors (Lipinski definition) is 0. The summed E-state index contributed by atoms with van der Waals surface area (Å²) in [4.78, 5) is 17.6. The zero-order chi connectivity index (χ0) is 14.2. The number of fused-ring (bicyclic) bond motifs is 3. The summed E-state index contributed by atoms with van der Waals surface area (Å²) in [5, 5.41) is 0.654. The summed E-state index contributed by atoms with van der Waals surface area (Å²) in [7, 11) is 0. The molecular formula is C15H10ClN5. The van der Waals surface area contributed by atoms with Gasteiger partial charge in [0.25, 0.3) is 0 Å². The first-order valence-electron chi connectivity index (χ1n) is 6.47. The summed E-state index contributed by atoms with van der Waals surface area (Å²) in [5.74, 6) is 1.47. The Balaban J connectivity index is 2.00. The summed E-state index contributed by atoms with van der Waals surface area (Å²) < 4.78 is 2.02. The summed E-state index contributed by atoms with van der Waals surface area (Å²) in [6.07, 6.45) is 7.11. The molecule has 0 amide bonds. The summed E-state index contributed by atoms with van der Waals surface area (Å²) >= 11 is 6.16. The van der Waals surface area contributed by atoms with Crippen LogP contribution in [0.25, 0.3) is 5.69 Å². The van der Waals surface area contributed by atoms with Gasteiger partial charge in [-0.1, -0.05) is 11.6 Å². The van der Waals surface area contributed by atoms with Crippen LogP contribution in [0.15, 0.2) is 54.0 Å². The van der Waals surface area contributed by atoms with E-state index in [1.807, 2.05) is 29.0 Å². The van der Waals surface area contributed by atoms with Gasteiger partial charge in [-0.05, 0) is 24.3 Å². The van der Waals surface area contributed by atoms with Gasteiger partial charge in [-0.2, -0.15) is 0 Å². The maximum Gasteiger partial charge on any atom is 0.178 e. The van der Waals surface area contributed by atoms with Crippen LogP contribution in [0.5, 0.6) is 0 Å². The van der Waals surface area contributed by atoms with Gasteiger partial charge < -0.3 is 4.57 Å². The molecule has 3 heterocycles. The second kappa shape index (κ2) is 4.79. The highest BCUT2D eigenvalue weighted by Gasteiger charge is 2.20. The molecular weight excluding hydrogens is 286 g/mol. The third-order valence-electron chi connectivity index (χ3n) is 3.35. The van der Waals surface area contributed by atoms with E-state index in [0.29, 0.717) is 17.4 Å². The Morgan fingerprint density at radius 1 is 1.05 bits per heavy atom. The van der Waals surface area contributed by atoms with Gasteiger partial charge >= 0.3 is 0 Å². The summed E-state index contributed by atoms with van der Waals surface area (Å²) in [6.45, 7) is 0.479. The van der Waals surface area contributed by atoms with Crippen molar-refractivity contribution < 1.29 is 0 Å². The van der Waals surface area contributed by atoms with E-state index < -0.39 is 0 Å². The van der Waals surface area contributed by atoms with Gasteiger partial charge in [0, 0.05) is 35.4 Å². The van der Waals surface area contributed by atoms with Crippen molar-refractivity contribution in [3.63, 3.8) is 0 Å². The number of hydrogen-bond acceptors (Lipinski definition) is 4. The molecule has 2 aromatic heterocycles. The van der Waals surface area contributed by atoms with E-state index in [-0.39, 0.29) is 0 Å². The Labute approximate surface area is 126 Å². The van der Waals surface area contributed by atoms with Crippen molar-refractivity contribution in [3.8, 4) is 5.69 Å². The normalized spacial score (nSPS) is 13.1. The lowest BCUT2D eigenvalue weighted by Gasteiger charge is -2.10. The average Bonchev–Trinajstić information content (AvgIpc) is 2.92. The Morgan fingerprint density at radius 2 is 1.90 bits per heavy atom. The molecule has 4 rings (SSSR count). The fraction of sp³-hybridized carbons (Fsp3) is 0.0667. The molecule has 0 spiro atoms. The first-order chi connectivity index (χ1) is 10.3. The molecule has 1 aliphatic heterocycles. The Hall–Kier alpha value is -2.53. The lowest BCUT2D eigenvalue weighted by molar-refractivity contribution is 0.879. The van der Waals surface area contributed by atoms with Crippen LogP contribution >= 0.6 is 11.6 Å². The average molecular weight is 296 g/mol. The van der Waals surface area contributed by atoms with Crippen LogP contribution in [0.4, 0.5) is 0 Å². The van der Waals surface area contributed by atoms with Gasteiger partial charge in [0.2, 0.25) is 0 Å². The van der Waals surface area contributed by atoms with Gasteiger partial charge in [0.15, 0.2) is 5.82 Å². The number of benzene rings is 1. The number of rotatable bonds is 1. The van der Waals surface area contributed by atoms with Crippen LogP contribution in [0.3, 0.4) is 0 Å². The summed E-state index contributed by atoms with van der Waals surface area (Å²) in [6, 6.07) is 7.50. The lowest BCUT2D eigenvalue weighted by Crippen LogP contribution is -2.10. The number of aromatic nitrogens is 4. The number of imidazole rings is 1. The van der Waals surface area contributed by atoms with Crippen molar-refractivity contribution in [2.24, 2.45) is 4.99 Å². The molecule has 102 valence electrons. The van der Waals surface area contributed by atoms with Crippen molar-refractivity contribution in [1.29, 1.82) is 0 Å². The van der Waals surface area contributed by atoms with Crippen LogP contribution < -0.4 is 0 Å². The van der Waals surface area contributed by atoms with Crippen molar-refractivity contribution >= 4 is 17.3 Å². The minimum Gasteiger partial charge on any atom is -0.302 e. The molecule has 0 saturated carbocycles. The zero-order valence-corrected chi connectivity index (χ0v) is 11.7. The third-order valence-corrected chi connectivity index (χ3v) is 3.58. The molecule has 1 aromatic carbocycles. The predicted molar refractivity (Wildman–Crippen MR) is 79.9 cm³/mol. The van der Waals surface area contributed by atoms with Crippen molar-refractivity contribution in [1.82, 2.24) is 19.5 Å². The maximum absolute atomic E-state index is 6.16. The minimum absolute atomic E-state index is 0.479. The number of halogens is 1. The van der Waals surface area contributed by atoms with E-state index >= 15 is 0 Å².